The van der Waals surface area contributed by atoms with Gasteiger partial charge in [0.05, 0.1) is 19.3 Å². The molecule has 0 bridgehead atoms. The van der Waals surface area contributed by atoms with Crippen LogP contribution in [0, 0.1) is 0 Å². The maximum absolute atomic E-state index is 10.0. The molecule has 0 saturated heterocycles. The van der Waals surface area contributed by atoms with Crippen LogP contribution in [0.15, 0.2) is 20.8 Å². The van der Waals surface area contributed by atoms with E-state index in [0.717, 1.165) is 32.9 Å². The van der Waals surface area contributed by atoms with E-state index in [1.165, 1.54) is 16.9 Å². The van der Waals surface area contributed by atoms with Gasteiger partial charge in [-0.1, -0.05) is 40.4 Å². The predicted octanol–water partition coefficient (Wildman–Crippen LogP) is 2.65. The van der Waals surface area contributed by atoms with E-state index >= 15 is 0 Å². The van der Waals surface area contributed by atoms with Crippen LogP contribution in [-0.4, -0.2) is 64.1 Å². The van der Waals surface area contributed by atoms with E-state index in [4.69, 9.17) is 9.84 Å². The van der Waals surface area contributed by atoms with Crippen LogP contribution in [-0.2, 0) is 9.53 Å². The van der Waals surface area contributed by atoms with Gasteiger partial charge >= 0.3 is 0 Å². The molecule has 0 aliphatic heterocycles. The van der Waals surface area contributed by atoms with E-state index in [2.05, 4.69) is 16.8 Å². The zero-order chi connectivity index (χ0) is 18.2. The van der Waals surface area contributed by atoms with E-state index in [1.807, 2.05) is 13.8 Å². The van der Waals surface area contributed by atoms with Gasteiger partial charge in [0, 0.05) is 11.5 Å². The Bertz CT molecular complexity index is 454. The van der Waals surface area contributed by atoms with Gasteiger partial charge in [0.1, 0.15) is 12.9 Å². The number of nitrogens with zero attached hydrogens (tertiary/aromatic N) is 2. The molecule has 0 aromatic carbocycles. The third kappa shape index (κ3) is 15.1. The molecule has 24 heavy (non-hydrogen) atoms. The van der Waals surface area contributed by atoms with Gasteiger partial charge < -0.3 is 19.7 Å². The topological polar surface area (TPSA) is 92.5 Å². The van der Waals surface area contributed by atoms with E-state index in [9.17, 15) is 9.90 Å². The van der Waals surface area contributed by atoms with Crippen LogP contribution in [0.5, 0.6) is 0 Å². The Balaban J connectivity index is 0.00000118. The minimum Gasteiger partial charge on any atom is -0.394 e. The van der Waals surface area contributed by atoms with Gasteiger partial charge in [0.15, 0.2) is 8.68 Å². The van der Waals surface area contributed by atoms with Crippen molar-refractivity contribution in [2.24, 2.45) is 0 Å². The summed E-state index contributed by atoms with van der Waals surface area (Å²) < 4.78 is 6.83. The van der Waals surface area contributed by atoms with Crippen LogP contribution in [0.1, 0.15) is 26.7 Å². The summed E-state index contributed by atoms with van der Waals surface area (Å²) in [4.78, 5) is 10.0. The fourth-order valence-corrected chi connectivity index (χ4v) is 4.18. The number of hydrogen-bond acceptors (Lipinski definition) is 9. The molecular formula is C15H26N2O4S3. The number of carbonyl (C=O) groups is 1. The fourth-order valence-electron chi connectivity index (χ4n) is 1.20. The smallest absolute Gasteiger partial charge is 0.175 e. The Hall–Kier alpha value is -0.450. The highest BCUT2D eigenvalue weighted by Gasteiger charge is 2.06. The molecule has 0 fully saturated rings. The van der Waals surface area contributed by atoms with Gasteiger partial charge in [-0.2, -0.15) is 0 Å². The summed E-state index contributed by atoms with van der Waals surface area (Å²) in [5.74, 6) is 1.59. The first kappa shape index (κ1) is 23.5. The first-order valence-electron chi connectivity index (χ1n) is 7.51. The van der Waals surface area contributed by atoms with Crippen molar-refractivity contribution in [3.05, 3.63) is 12.2 Å². The van der Waals surface area contributed by atoms with E-state index in [1.54, 1.807) is 23.5 Å². The number of allylic oxidation sites excluding steroid dienone is 1. The largest absolute Gasteiger partial charge is 0.394 e. The summed E-state index contributed by atoms with van der Waals surface area (Å²) in [6.07, 6.45) is 1.53. The lowest BCUT2D eigenvalue weighted by Gasteiger charge is -2.04. The molecule has 1 aromatic rings. The summed E-state index contributed by atoms with van der Waals surface area (Å²) in [6.45, 7) is 7.97. The maximum atomic E-state index is 10.0. The molecule has 0 amide bonds. The van der Waals surface area contributed by atoms with Crippen molar-refractivity contribution in [3.63, 3.8) is 0 Å². The zero-order valence-corrected chi connectivity index (χ0v) is 16.6. The van der Waals surface area contributed by atoms with Crippen LogP contribution < -0.4 is 0 Å². The number of carbonyl (C=O) groups excluding carboxylic acids is 1. The van der Waals surface area contributed by atoms with Gasteiger partial charge in [0.25, 0.3) is 0 Å². The molecule has 138 valence electrons. The molecule has 0 aliphatic rings. The van der Waals surface area contributed by atoms with Crippen LogP contribution in [0.2, 0.25) is 0 Å². The molecule has 1 unspecified atom stereocenters. The number of aliphatic hydroxyl groups is 2. The molecule has 0 radical (unpaired) electrons. The van der Waals surface area contributed by atoms with E-state index < -0.39 is 6.10 Å². The minimum absolute atomic E-state index is 0.136. The summed E-state index contributed by atoms with van der Waals surface area (Å²) in [7, 11) is 0. The Morgan fingerprint density at radius 2 is 1.92 bits per heavy atom. The van der Waals surface area contributed by atoms with Crippen molar-refractivity contribution in [2.45, 2.75) is 41.5 Å². The summed E-state index contributed by atoms with van der Waals surface area (Å²) in [5.41, 5.74) is 1.17. The van der Waals surface area contributed by atoms with Crippen molar-refractivity contribution in [1.82, 2.24) is 10.2 Å². The molecular weight excluding hydrogens is 368 g/mol. The van der Waals surface area contributed by atoms with Gasteiger partial charge in [-0.3, -0.25) is 0 Å². The second-order valence-corrected chi connectivity index (χ2v) is 8.62. The van der Waals surface area contributed by atoms with Gasteiger partial charge in [-0.15, -0.1) is 16.8 Å². The summed E-state index contributed by atoms with van der Waals surface area (Å²) >= 11 is 4.69. The number of rotatable bonds is 12. The van der Waals surface area contributed by atoms with Gasteiger partial charge in [0.2, 0.25) is 0 Å². The lowest BCUT2D eigenvalue weighted by Crippen LogP contribution is -2.11. The molecule has 0 saturated carbocycles. The lowest BCUT2D eigenvalue weighted by atomic mass is 10.2. The molecule has 2 N–H and O–H groups in total. The summed E-state index contributed by atoms with van der Waals surface area (Å²) in [6, 6.07) is 0. The number of thioether (sulfide) groups is 2. The Labute approximate surface area is 156 Å². The van der Waals surface area contributed by atoms with Crippen molar-refractivity contribution >= 4 is 41.1 Å². The fraction of sp³-hybridized carbons (Fsp3) is 0.667. The Kier molecular flexibility index (Phi) is 15.7. The molecule has 0 spiro atoms. The second kappa shape index (κ2) is 16.0. The first-order valence-corrected chi connectivity index (χ1v) is 10.3. The molecule has 0 aliphatic carbocycles. The molecule has 1 heterocycles. The average molecular weight is 395 g/mol. The Morgan fingerprint density at radius 3 is 2.46 bits per heavy atom. The number of aliphatic hydroxyl groups excluding tert-OH is 2. The summed E-state index contributed by atoms with van der Waals surface area (Å²) in [5, 5.41) is 26.0. The first-order chi connectivity index (χ1) is 11.5. The lowest BCUT2D eigenvalue weighted by molar-refractivity contribution is -0.111. The standard InChI is InChI=1S/C11H18N2O4S3.C4H8/c14-3-4-17-5-7-19-11-13-12-10(20-11)18-6-1-2-9(16)8-15;1-4(2)3/h3,9,15-16H,1-2,4-8H2;1H2,2-3H3. The molecule has 6 nitrogen and oxygen atoms in total. The van der Waals surface area contributed by atoms with Gasteiger partial charge in [-0.25, -0.2) is 0 Å². The van der Waals surface area contributed by atoms with Crippen LogP contribution in [0.4, 0.5) is 0 Å². The highest BCUT2D eigenvalue weighted by Crippen LogP contribution is 2.29. The number of ether oxygens (including phenoxy) is 1. The van der Waals surface area contributed by atoms with Crippen molar-refractivity contribution in [2.75, 3.05) is 31.3 Å². The molecule has 1 rings (SSSR count). The Morgan fingerprint density at radius 1 is 1.33 bits per heavy atom. The quantitative estimate of drug-likeness (QED) is 0.242. The normalized spacial score (nSPS) is 11.5. The van der Waals surface area contributed by atoms with Crippen LogP contribution in [0.3, 0.4) is 0 Å². The number of aromatic nitrogens is 2. The highest BCUT2D eigenvalue weighted by atomic mass is 32.2. The molecule has 1 atom stereocenters. The monoisotopic (exact) mass is 394 g/mol. The van der Waals surface area contributed by atoms with Gasteiger partial charge in [-0.05, 0) is 26.7 Å². The zero-order valence-electron chi connectivity index (χ0n) is 14.1. The third-order valence-corrected chi connectivity index (χ3v) is 5.39. The van der Waals surface area contributed by atoms with Crippen LogP contribution in [0.25, 0.3) is 0 Å². The predicted molar refractivity (Wildman–Crippen MR) is 101 cm³/mol. The number of hydrogen-bond donors (Lipinski definition) is 2. The molecule has 1 aromatic heterocycles. The van der Waals surface area contributed by atoms with E-state index in [-0.39, 0.29) is 13.2 Å². The SMILES string of the molecule is C=C(C)C.O=CCOCCSc1nnc(SCCCC(O)CO)s1. The van der Waals surface area contributed by atoms with Crippen LogP contribution >= 0.6 is 34.9 Å². The molecule has 9 heteroatoms. The van der Waals surface area contributed by atoms with E-state index in [0.29, 0.717) is 13.0 Å². The van der Waals surface area contributed by atoms with Crippen molar-refractivity contribution in [1.29, 1.82) is 0 Å². The maximum Gasteiger partial charge on any atom is 0.175 e. The van der Waals surface area contributed by atoms with Crippen molar-refractivity contribution < 1.29 is 19.7 Å². The average Bonchev–Trinajstić information content (AvgIpc) is 2.98. The van der Waals surface area contributed by atoms with Crippen molar-refractivity contribution in [3.8, 4) is 0 Å². The number of aldehydes is 1. The minimum atomic E-state index is -0.623. The second-order valence-electron chi connectivity index (χ2n) is 4.96. The third-order valence-electron chi connectivity index (χ3n) is 2.14. The highest BCUT2D eigenvalue weighted by molar-refractivity contribution is 8.03.